The zero-order valence-electron chi connectivity index (χ0n) is 17.2. The van der Waals surface area contributed by atoms with E-state index in [1.807, 2.05) is 18.2 Å². The number of ether oxygens (including phenoxy) is 1. The number of carbonyl (C=O) groups is 2. The first-order chi connectivity index (χ1) is 15.1. The summed E-state index contributed by atoms with van der Waals surface area (Å²) in [6.45, 7) is 3.98. The van der Waals surface area contributed by atoms with Gasteiger partial charge < -0.3 is 15.2 Å². The Bertz CT molecular complexity index is 1040. The summed E-state index contributed by atoms with van der Waals surface area (Å²) >= 11 is 0. The highest BCUT2D eigenvalue weighted by molar-refractivity contribution is 6.07. The van der Waals surface area contributed by atoms with E-state index >= 15 is 0 Å². The van der Waals surface area contributed by atoms with E-state index in [1.54, 1.807) is 30.3 Å². The van der Waals surface area contributed by atoms with Gasteiger partial charge in [0.1, 0.15) is 11.5 Å². The summed E-state index contributed by atoms with van der Waals surface area (Å²) in [4.78, 5) is 24.0. The predicted molar refractivity (Wildman–Crippen MR) is 122 cm³/mol. The Morgan fingerprint density at radius 1 is 0.968 bits per heavy atom. The average molecular weight is 415 g/mol. The summed E-state index contributed by atoms with van der Waals surface area (Å²) in [7, 11) is 0. The van der Waals surface area contributed by atoms with Gasteiger partial charge in [0.05, 0.1) is 12.2 Å². The number of benzene rings is 3. The maximum absolute atomic E-state index is 12.5. The topological polar surface area (TPSA) is 75.6 Å². The minimum Gasteiger partial charge on any atom is -0.507 e. The standard InChI is InChI=1S/C26H25NO4/c1-2-24(28)20-11-13-21(14-12-20)27-26(30)23-16-15-22(18-25(23)29)31-17-7-6-10-19-8-4-3-5-9-19/h2-5,8-9,11-16,18,29H,1,6-7,10,17H2,(H,27,30). The average Bonchev–Trinajstić information content (AvgIpc) is 2.79. The van der Waals surface area contributed by atoms with Crippen molar-refractivity contribution in [2.75, 3.05) is 11.9 Å². The van der Waals surface area contributed by atoms with Crippen LogP contribution in [0.1, 0.15) is 39.1 Å². The zero-order valence-corrected chi connectivity index (χ0v) is 17.2. The maximum atomic E-state index is 12.5. The van der Waals surface area contributed by atoms with Crippen molar-refractivity contribution in [1.82, 2.24) is 0 Å². The molecule has 3 aromatic carbocycles. The first-order valence-corrected chi connectivity index (χ1v) is 10.1. The predicted octanol–water partition coefficient (Wildman–Crippen LogP) is 5.41. The zero-order chi connectivity index (χ0) is 22.1. The summed E-state index contributed by atoms with van der Waals surface area (Å²) < 4.78 is 5.69. The van der Waals surface area contributed by atoms with Crippen molar-refractivity contribution in [3.63, 3.8) is 0 Å². The van der Waals surface area contributed by atoms with Crippen molar-refractivity contribution < 1.29 is 19.4 Å². The molecule has 31 heavy (non-hydrogen) atoms. The second-order valence-electron chi connectivity index (χ2n) is 7.07. The highest BCUT2D eigenvalue weighted by atomic mass is 16.5. The van der Waals surface area contributed by atoms with E-state index in [0.29, 0.717) is 23.6 Å². The first-order valence-electron chi connectivity index (χ1n) is 10.1. The number of carbonyl (C=O) groups excluding carboxylic acids is 2. The number of aromatic hydroxyl groups is 1. The third-order valence-electron chi connectivity index (χ3n) is 4.80. The highest BCUT2D eigenvalue weighted by Gasteiger charge is 2.13. The fourth-order valence-corrected chi connectivity index (χ4v) is 3.09. The molecule has 0 spiro atoms. The normalized spacial score (nSPS) is 10.3. The Hall–Kier alpha value is -3.86. The molecule has 0 aliphatic rings. The Morgan fingerprint density at radius 3 is 2.39 bits per heavy atom. The van der Waals surface area contributed by atoms with Gasteiger partial charge in [-0.3, -0.25) is 9.59 Å². The van der Waals surface area contributed by atoms with Gasteiger partial charge >= 0.3 is 0 Å². The molecular formula is C26H25NO4. The van der Waals surface area contributed by atoms with Gasteiger partial charge in [0.25, 0.3) is 5.91 Å². The smallest absolute Gasteiger partial charge is 0.259 e. The van der Waals surface area contributed by atoms with Crippen molar-refractivity contribution in [2.24, 2.45) is 0 Å². The van der Waals surface area contributed by atoms with Crippen LogP contribution in [0, 0.1) is 0 Å². The van der Waals surface area contributed by atoms with Gasteiger partial charge in [-0.15, -0.1) is 0 Å². The second kappa shape index (κ2) is 10.8. The molecule has 0 heterocycles. The summed E-state index contributed by atoms with van der Waals surface area (Å²) in [5.74, 6) is -0.278. The summed E-state index contributed by atoms with van der Waals surface area (Å²) in [5.41, 5.74) is 2.45. The number of hydrogen-bond acceptors (Lipinski definition) is 4. The summed E-state index contributed by atoms with van der Waals surface area (Å²) in [6.07, 6.45) is 4.13. The van der Waals surface area contributed by atoms with Crippen molar-refractivity contribution in [3.05, 3.63) is 102 Å². The van der Waals surface area contributed by atoms with Gasteiger partial charge in [-0.05, 0) is 67.3 Å². The molecule has 0 unspecified atom stereocenters. The van der Waals surface area contributed by atoms with Gasteiger partial charge in [-0.25, -0.2) is 0 Å². The third kappa shape index (κ3) is 6.31. The fraction of sp³-hybridized carbons (Fsp3) is 0.154. The van der Waals surface area contributed by atoms with E-state index in [4.69, 9.17) is 4.74 Å². The van der Waals surface area contributed by atoms with E-state index in [1.165, 1.54) is 23.8 Å². The number of hydrogen-bond donors (Lipinski definition) is 2. The molecule has 0 saturated carbocycles. The molecule has 2 N–H and O–H groups in total. The quantitative estimate of drug-likeness (QED) is 0.264. The first kappa shape index (κ1) is 21.8. The number of aryl methyl sites for hydroxylation is 1. The van der Waals surface area contributed by atoms with E-state index < -0.39 is 5.91 Å². The lowest BCUT2D eigenvalue weighted by Gasteiger charge is -2.10. The molecule has 0 aliphatic heterocycles. The third-order valence-corrected chi connectivity index (χ3v) is 4.80. The number of amides is 1. The van der Waals surface area contributed by atoms with Crippen molar-refractivity contribution in [3.8, 4) is 11.5 Å². The molecule has 0 aliphatic carbocycles. The largest absolute Gasteiger partial charge is 0.507 e. The van der Waals surface area contributed by atoms with E-state index in [9.17, 15) is 14.7 Å². The van der Waals surface area contributed by atoms with Gasteiger partial charge in [-0.2, -0.15) is 0 Å². The van der Waals surface area contributed by atoms with Crippen LogP contribution < -0.4 is 10.1 Å². The number of rotatable bonds is 10. The lowest BCUT2D eigenvalue weighted by molar-refractivity contribution is 0.102. The Labute approximate surface area is 182 Å². The van der Waals surface area contributed by atoms with Gasteiger partial charge in [0, 0.05) is 17.3 Å². The van der Waals surface area contributed by atoms with Gasteiger partial charge in [0.15, 0.2) is 5.78 Å². The Balaban J connectivity index is 1.49. The fourth-order valence-electron chi connectivity index (χ4n) is 3.09. The van der Waals surface area contributed by atoms with Crippen molar-refractivity contribution in [2.45, 2.75) is 19.3 Å². The Kier molecular flexibility index (Phi) is 7.60. The number of unbranched alkanes of at least 4 members (excludes halogenated alkanes) is 1. The minimum atomic E-state index is -0.449. The lowest BCUT2D eigenvalue weighted by atomic mass is 10.1. The molecular weight excluding hydrogens is 390 g/mol. The summed E-state index contributed by atoms with van der Waals surface area (Å²) in [6, 6.07) is 21.4. The van der Waals surface area contributed by atoms with E-state index in [-0.39, 0.29) is 17.1 Å². The molecule has 0 radical (unpaired) electrons. The molecule has 1 amide bonds. The molecule has 0 atom stereocenters. The van der Waals surface area contributed by atoms with Crippen LogP contribution in [0.2, 0.25) is 0 Å². The second-order valence-corrected chi connectivity index (χ2v) is 7.07. The van der Waals surface area contributed by atoms with E-state index in [0.717, 1.165) is 19.3 Å². The van der Waals surface area contributed by atoms with Crippen molar-refractivity contribution in [1.29, 1.82) is 0 Å². The Morgan fingerprint density at radius 2 is 1.71 bits per heavy atom. The number of ketones is 1. The number of anilines is 1. The minimum absolute atomic E-state index is 0.141. The summed E-state index contributed by atoms with van der Waals surface area (Å²) in [5, 5.41) is 12.9. The highest BCUT2D eigenvalue weighted by Crippen LogP contribution is 2.25. The van der Waals surface area contributed by atoms with Crippen LogP contribution in [0.3, 0.4) is 0 Å². The molecule has 3 aromatic rings. The van der Waals surface area contributed by atoms with Crippen LogP contribution >= 0.6 is 0 Å². The number of phenols is 1. The molecule has 0 saturated heterocycles. The molecule has 5 nitrogen and oxygen atoms in total. The molecule has 0 aromatic heterocycles. The molecule has 5 heteroatoms. The van der Waals surface area contributed by atoms with Crippen LogP contribution in [-0.2, 0) is 6.42 Å². The molecule has 0 bridgehead atoms. The van der Waals surface area contributed by atoms with Gasteiger partial charge in [0.2, 0.25) is 0 Å². The van der Waals surface area contributed by atoms with Crippen LogP contribution in [0.15, 0.2) is 85.5 Å². The SMILES string of the molecule is C=CC(=O)c1ccc(NC(=O)c2ccc(OCCCCc3ccccc3)cc2O)cc1. The van der Waals surface area contributed by atoms with Gasteiger partial charge in [-0.1, -0.05) is 36.9 Å². The lowest BCUT2D eigenvalue weighted by Crippen LogP contribution is -2.12. The monoisotopic (exact) mass is 415 g/mol. The number of phenolic OH excluding ortho intramolecular Hbond substituents is 1. The van der Waals surface area contributed by atoms with Crippen molar-refractivity contribution >= 4 is 17.4 Å². The van der Waals surface area contributed by atoms with Crippen LogP contribution in [-0.4, -0.2) is 23.4 Å². The molecule has 158 valence electrons. The van der Waals surface area contributed by atoms with Crippen LogP contribution in [0.5, 0.6) is 11.5 Å². The van der Waals surface area contributed by atoms with Crippen LogP contribution in [0.4, 0.5) is 5.69 Å². The molecule has 0 fully saturated rings. The number of nitrogens with one attached hydrogen (secondary N) is 1. The van der Waals surface area contributed by atoms with Crippen LogP contribution in [0.25, 0.3) is 0 Å². The van der Waals surface area contributed by atoms with E-state index in [2.05, 4.69) is 24.0 Å². The number of allylic oxidation sites excluding steroid dienone is 1. The molecule has 3 rings (SSSR count). The maximum Gasteiger partial charge on any atom is 0.259 e.